The average molecular weight is 311 g/mol. The molecule has 0 bridgehead atoms. The van der Waals surface area contributed by atoms with Crippen LogP contribution in [0.3, 0.4) is 0 Å². The summed E-state index contributed by atoms with van der Waals surface area (Å²) in [5.41, 5.74) is 0.387. The van der Waals surface area contributed by atoms with Gasteiger partial charge in [0.15, 0.2) is 11.5 Å². The fraction of sp³-hybridized carbons (Fsp3) is 0.0625. The number of hydrogen-bond donors (Lipinski definition) is 3. The van der Waals surface area contributed by atoms with Gasteiger partial charge in [-0.25, -0.2) is 4.98 Å². The molecular weight excluding hydrogens is 298 g/mol. The zero-order chi connectivity index (χ0) is 16.6. The van der Waals surface area contributed by atoms with E-state index in [1.54, 1.807) is 31.2 Å². The number of aromatic nitrogens is 2. The standard InChI is InChI=1S/C16H13N3O4/c1-9-18-12-5-3-2-4-11(12)16(23)19(9)17-8-10-6-7-13(20)15(22)14(10)21/h2-8,20-22H,1H3/b17-8+. The molecule has 0 fully saturated rings. The molecule has 0 saturated heterocycles. The van der Waals surface area contributed by atoms with Gasteiger partial charge in [-0.15, -0.1) is 0 Å². The molecule has 3 aromatic rings. The van der Waals surface area contributed by atoms with Gasteiger partial charge in [0.25, 0.3) is 5.56 Å². The zero-order valence-electron chi connectivity index (χ0n) is 12.1. The molecule has 2 aromatic carbocycles. The van der Waals surface area contributed by atoms with E-state index in [1.807, 2.05) is 0 Å². The summed E-state index contributed by atoms with van der Waals surface area (Å²) in [5.74, 6) is -1.23. The van der Waals surface area contributed by atoms with Crippen LogP contribution in [0.1, 0.15) is 11.4 Å². The van der Waals surface area contributed by atoms with Gasteiger partial charge in [0.2, 0.25) is 5.75 Å². The Morgan fingerprint density at radius 1 is 1.09 bits per heavy atom. The van der Waals surface area contributed by atoms with E-state index in [-0.39, 0.29) is 11.1 Å². The van der Waals surface area contributed by atoms with Crippen molar-refractivity contribution in [2.45, 2.75) is 6.92 Å². The summed E-state index contributed by atoms with van der Waals surface area (Å²) in [6.45, 7) is 1.64. The Labute approximate surface area is 130 Å². The van der Waals surface area contributed by atoms with E-state index in [9.17, 15) is 20.1 Å². The Hall–Kier alpha value is -3.35. The number of hydrogen-bond acceptors (Lipinski definition) is 6. The summed E-state index contributed by atoms with van der Waals surface area (Å²) in [6, 6.07) is 9.49. The van der Waals surface area contributed by atoms with E-state index < -0.39 is 17.2 Å². The highest BCUT2D eigenvalue weighted by atomic mass is 16.3. The molecule has 3 N–H and O–H groups in total. The monoisotopic (exact) mass is 311 g/mol. The summed E-state index contributed by atoms with van der Waals surface area (Å²) in [6.07, 6.45) is 1.21. The van der Waals surface area contributed by atoms with Crippen molar-refractivity contribution in [3.05, 3.63) is 58.1 Å². The Balaban J connectivity index is 2.12. The molecule has 0 aliphatic heterocycles. The number of aryl methyl sites for hydroxylation is 1. The highest BCUT2D eigenvalue weighted by Crippen LogP contribution is 2.36. The van der Waals surface area contributed by atoms with Crippen LogP contribution in [0.2, 0.25) is 0 Å². The maximum Gasteiger partial charge on any atom is 0.282 e. The Morgan fingerprint density at radius 3 is 2.61 bits per heavy atom. The number of rotatable bonds is 2. The van der Waals surface area contributed by atoms with Crippen LogP contribution in [0.5, 0.6) is 17.2 Å². The van der Waals surface area contributed by atoms with Crippen molar-refractivity contribution in [2.24, 2.45) is 5.10 Å². The lowest BCUT2D eigenvalue weighted by Crippen LogP contribution is -2.20. The maximum absolute atomic E-state index is 12.4. The minimum atomic E-state index is -0.644. The summed E-state index contributed by atoms with van der Waals surface area (Å²) < 4.78 is 1.10. The van der Waals surface area contributed by atoms with Crippen molar-refractivity contribution in [1.29, 1.82) is 0 Å². The second kappa shape index (κ2) is 5.45. The van der Waals surface area contributed by atoms with Gasteiger partial charge in [0.1, 0.15) is 5.82 Å². The fourth-order valence-corrected chi connectivity index (χ4v) is 2.18. The topological polar surface area (TPSA) is 108 Å². The predicted octanol–water partition coefficient (Wildman–Crippen LogP) is 1.70. The lowest BCUT2D eigenvalue weighted by Gasteiger charge is -2.06. The number of fused-ring (bicyclic) bond motifs is 1. The second-order valence-corrected chi connectivity index (χ2v) is 4.91. The Bertz CT molecular complexity index is 993. The van der Waals surface area contributed by atoms with Crippen LogP contribution < -0.4 is 5.56 Å². The van der Waals surface area contributed by atoms with Crippen LogP contribution in [0.4, 0.5) is 0 Å². The Kier molecular flexibility index (Phi) is 3.46. The number of benzene rings is 2. The van der Waals surface area contributed by atoms with Gasteiger partial charge in [0.05, 0.1) is 17.1 Å². The normalized spacial score (nSPS) is 11.3. The van der Waals surface area contributed by atoms with E-state index in [0.29, 0.717) is 16.7 Å². The van der Waals surface area contributed by atoms with E-state index in [1.165, 1.54) is 18.3 Å². The first-order chi connectivity index (χ1) is 11.0. The molecule has 0 saturated carbocycles. The van der Waals surface area contributed by atoms with Crippen molar-refractivity contribution in [3.8, 4) is 17.2 Å². The van der Waals surface area contributed by atoms with Crippen molar-refractivity contribution in [2.75, 3.05) is 0 Å². The first-order valence-corrected chi connectivity index (χ1v) is 6.75. The molecule has 0 aliphatic rings. The first-order valence-electron chi connectivity index (χ1n) is 6.75. The number of aromatic hydroxyl groups is 3. The molecule has 1 aromatic heterocycles. The van der Waals surface area contributed by atoms with E-state index in [2.05, 4.69) is 10.1 Å². The average Bonchev–Trinajstić information content (AvgIpc) is 2.54. The van der Waals surface area contributed by atoms with E-state index >= 15 is 0 Å². The zero-order valence-corrected chi connectivity index (χ0v) is 12.1. The van der Waals surface area contributed by atoms with Gasteiger partial charge in [-0.3, -0.25) is 4.79 Å². The number of phenolic OH excluding ortho intramolecular Hbond substituents is 3. The van der Waals surface area contributed by atoms with Gasteiger partial charge in [0, 0.05) is 5.56 Å². The largest absolute Gasteiger partial charge is 0.504 e. The van der Waals surface area contributed by atoms with Crippen LogP contribution in [-0.4, -0.2) is 31.2 Å². The molecule has 0 amide bonds. The molecule has 7 heteroatoms. The summed E-state index contributed by atoms with van der Waals surface area (Å²) in [7, 11) is 0. The molecule has 0 radical (unpaired) electrons. The predicted molar refractivity (Wildman–Crippen MR) is 85.2 cm³/mol. The molecule has 23 heavy (non-hydrogen) atoms. The van der Waals surface area contributed by atoms with Crippen molar-refractivity contribution in [1.82, 2.24) is 9.66 Å². The fourth-order valence-electron chi connectivity index (χ4n) is 2.18. The molecular formula is C16H13N3O4. The molecule has 0 aliphatic carbocycles. The SMILES string of the molecule is Cc1nc2ccccc2c(=O)n1/N=C/c1ccc(O)c(O)c1O. The maximum atomic E-state index is 12.4. The number of nitrogens with zero attached hydrogens (tertiary/aromatic N) is 3. The lowest BCUT2D eigenvalue weighted by molar-refractivity contribution is 0.367. The van der Waals surface area contributed by atoms with E-state index in [0.717, 1.165) is 4.68 Å². The molecule has 0 atom stereocenters. The third-order valence-corrected chi connectivity index (χ3v) is 3.39. The van der Waals surface area contributed by atoms with Crippen LogP contribution in [0.15, 0.2) is 46.3 Å². The summed E-state index contributed by atoms with van der Waals surface area (Å²) in [4.78, 5) is 16.7. The Morgan fingerprint density at radius 2 is 1.83 bits per heavy atom. The highest BCUT2D eigenvalue weighted by molar-refractivity contribution is 5.85. The second-order valence-electron chi connectivity index (χ2n) is 4.91. The van der Waals surface area contributed by atoms with Gasteiger partial charge in [-0.1, -0.05) is 12.1 Å². The molecule has 1 heterocycles. The van der Waals surface area contributed by atoms with Gasteiger partial charge in [-0.05, 0) is 31.2 Å². The van der Waals surface area contributed by atoms with Crippen molar-refractivity contribution >= 4 is 17.1 Å². The quantitative estimate of drug-likeness (QED) is 0.493. The minimum Gasteiger partial charge on any atom is -0.504 e. The van der Waals surface area contributed by atoms with Crippen molar-refractivity contribution < 1.29 is 15.3 Å². The first kappa shape index (κ1) is 14.6. The smallest absolute Gasteiger partial charge is 0.282 e. The van der Waals surface area contributed by atoms with Crippen LogP contribution in [0, 0.1) is 6.92 Å². The number of para-hydroxylation sites is 1. The van der Waals surface area contributed by atoms with Crippen LogP contribution in [0.25, 0.3) is 10.9 Å². The van der Waals surface area contributed by atoms with Crippen LogP contribution in [-0.2, 0) is 0 Å². The molecule has 0 spiro atoms. The molecule has 116 valence electrons. The third-order valence-electron chi connectivity index (χ3n) is 3.39. The lowest BCUT2D eigenvalue weighted by atomic mass is 10.2. The minimum absolute atomic E-state index is 0.153. The van der Waals surface area contributed by atoms with Gasteiger partial charge in [-0.2, -0.15) is 9.78 Å². The van der Waals surface area contributed by atoms with E-state index in [4.69, 9.17) is 0 Å². The highest BCUT2D eigenvalue weighted by Gasteiger charge is 2.10. The molecule has 7 nitrogen and oxygen atoms in total. The third kappa shape index (κ3) is 2.48. The molecule has 0 unspecified atom stereocenters. The van der Waals surface area contributed by atoms with Crippen molar-refractivity contribution in [3.63, 3.8) is 0 Å². The molecule has 3 rings (SSSR count). The number of phenols is 3. The summed E-state index contributed by atoms with van der Waals surface area (Å²) in [5, 5.41) is 33.0. The van der Waals surface area contributed by atoms with Gasteiger partial charge < -0.3 is 15.3 Å². The summed E-state index contributed by atoms with van der Waals surface area (Å²) >= 11 is 0. The van der Waals surface area contributed by atoms with Gasteiger partial charge >= 0.3 is 0 Å². The van der Waals surface area contributed by atoms with Crippen LogP contribution >= 0.6 is 0 Å².